The fraction of sp³-hybridized carbons (Fsp3) is 0.806. The maximum absolute atomic E-state index is 13.6. The van der Waals surface area contributed by atoms with Crippen molar-refractivity contribution >= 4 is 12.3 Å². The SMILES string of the molecule is CC(C)C1=C[C@@H]2C[C@]3(C=O)[C@@H]4CC[C@@H](C)[C@H]4CC2(CO[C@H]2CN(C4C=CCCC4)C[C@@H](C)O2)[C@]13C(=O)O. The van der Waals surface area contributed by atoms with Crippen LogP contribution in [0.5, 0.6) is 0 Å². The lowest BCUT2D eigenvalue weighted by atomic mass is 9.43. The van der Waals surface area contributed by atoms with Crippen molar-refractivity contribution in [3.63, 3.8) is 0 Å². The van der Waals surface area contributed by atoms with Crippen molar-refractivity contribution in [2.75, 3.05) is 19.7 Å². The van der Waals surface area contributed by atoms with E-state index in [1.807, 2.05) is 0 Å². The van der Waals surface area contributed by atoms with Crippen molar-refractivity contribution in [1.82, 2.24) is 4.90 Å². The topological polar surface area (TPSA) is 76.1 Å². The van der Waals surface area contributed by atoms with Crippen molar-refractivity contribution < 1.29 is 24.2 Å². The summed E-state index contributed by atoms with van der Waals surface area (Å²) in [5.41, 5.74) is -1.65. The minimum Gasteiger partial charge on any atom is -0.481 e. The summed E-state index contributed by atoms with van der Waals surface area (Å²) in [5, 5.41) is 11.2. The Kier molecular flexibility index (Phi) is 6.28. The molecular weight excluding hydrogens is 466 g/mol. The molecule has 2 unspecified atom stereocenters. The van der Waals surface area contributed by atoms with Gasteiger partial charge in [0.15, 0.2) is 6.29 Å². The number of rotatable bonds is 7. The molecule has 0 spiro atoms. The van der Waals surface area contributed by atoms with Gasteiger partial charge in [-0.1, -0.05) is 51.0 Å². The fourth-order valence-corrected chi connectivity index (χ4v) is 10.3. The van der Waals surface area contributed by atoms with Crippen LogP contribution in [0.25, 0.3) is 0 Å². The Hall–Kier alpha value is -1.50. The van der Waals surface area contributed by atoms with Crippen LogP contribution in [0.4, 0.5) is 0 Å². The van der Waals surface area contributed by atoms with Crippen LogP contribution < -0.4 is 0 Å². The molecule has 6 heteroatoms. The zero-order valence-electron chi connectivity index (χ0n) is 23.0. The van der Waals surface area contributed by atoms with Gasteiger partial charge in [0.05, 0.1) is 24.7 Å². The summed E-state index contributed by atoms with van der Waals surface area (Å²) in [6, 6.07) is 0.420. The summed E-state index contributed by atoms with van der Waals surface area (Å²) in [6.45, 7) is 10.5. The number of aliphatic carboxylic acids is 1. The number of carbonyl (C=O) groups is 2. The summed E-state index contributed by atoms with van der Waals surface area (Å²) < 4.78 is 13.0. The molecule has 1 aliphatic heterocycles. The van der Waals surface area contributed by atoms with Gasteiger partial charge in [-0.05, 0) is 75.0 Å². The van der Waals surface area contributed by atoms with Gasteiger partial charge in [0.25, 0.3) is 0 Å². The summed E-state index contributed by atoms with van der Waals surface area (Å²) in [5.74, 6) is 0.359. The minimum absolute atomic E-state index is 0.0578. The average Bonchev–Trinajstić information content (AvgIpc) is 3.45. The van der Waals surface area contributed by atoms with Crippen LogP contribution >= 0.6 is 0 Å². The largest absolute Gasteiger partial charge is 0.481 e. The number of hydrogen-bond donors (Lipinski definition) is 1. The first-order valence-electron chi connectivity index (χ1n) is 14.8. The number of carboxylic acids is 1. The van der Waals surface area contributed by atoms with Gasteiger partial charge in [-0.25, -0.2) is 0 Å². The van der Waals surface area contributed by atoms with Crippen molar-refractivity contribution in [3.05, 3.63) is 23.8 Å². The third-order valence-electron chi connectivity index (χ3n) is 11.6. The lowest BCUT2D eigenvalue weighted by Gasteiger charge is -2.58. The first-order chi connectivity index (χ1) is 17.7. The molecule has 6 rings (SSSR count). The van der Waals surface area contributed by atoms with Gasteiger partial charge in [0, 0.05) is 18.0 Å². The smallest absolute Gasteiger partial charge is 0.315 e. The zero-order valence-corrected chi connectivity index (χ0v) is 23.0. The molecule has 6 nitrogen and oxygen atoms in total. The summed E-state index contributed by atoms with van der Waals surface area (Å²) in [6.07, 6.45) is 14.7. The predicted molar refractivity (Wildman–Crippen MR) is 141 cm³/mol. The number of carbonyl (C=O) groups excluding carboxylic acids is 1. The molecule has 37 heavy (non-hydrogen) atoms. The van der Waals surface area contributed by atoms with Gasteiger partial charge in [-0.3, -0.25) is 9.69 Å². The lowest BCUT2D eigenvalue weighted by molar-refractivity contribution is -0.238. The zero-order chi connectivity index (χ0) is 26.2. The molecule has 6 aliphatic rings. The molecule has 0 amide bonds. The van der Waals surface area contributed by atoms with Gasteiger partial charge in [0.2, 0.25) is 0 Å². The highest BCUT2D eigenvalue weighted by Crippen LogP contribution is 2.82. The van der Waals surface area contributed by atoms with E-state index in [1.165, 1.54) is 6.42 Å². The summed E-state index contributed by atoms with van der Waals surface area (Å²) in [7, 11) is 0. The third-order valence-corrected chi connectivity index (χ3v) is 11.6. The van der Waals surface area contributed by atoms with E-state index < -0.39 is 22.2 Å². The molecule has 204 valence electrons. The molecule has 1 N–H and O–H groups in total. The maximum atomic E-state index is 13.6. The third kappa shape index (κ3) is 3.34. The Morgan fingerprint density at radius 2 is 2.05 bits per heavy atom. The molecule has 1 heterocycles. The van der Waals surface area contributed by atoms with Gasteiger partial charge in [0.1, 0.15) is 11.7 Å². The number of hydrogen-bond acceptors (Lipinski definition) is 5. The molecule has 3 saturated carbocycles. The monoisotopic (exact) mass is 511 g/mol. The lowest BCUT2D eigenvalue weighted by Crippen LogP contribution is -2.64. The van der Waals surface area contributed by atoms with Crippen molar-refractivity contribution in [2.45, 2.75) is 91.1 Å². The first-order valence-corrected chi connectivity index (χ1v) is 14.8. The number of nitrogens with zero attached hydrogens (tertiary/aromatic N) is 1. The van der Waals surface area contributed by atoms with Crippen LogP contribution in [0.15, 0.2) is 23.8 Å². The van der Waals surface area contributed by atoms with Gasteiger partial charge >= 0.3 is 5.97 Å². The molecule has 0 radical (unpaired) electrons. The van der Waals surface area contributed by atoms with E-state index in [9.17, 15) is 14.7 Å². The van der Waals surface area contributed by atoms with E-state index in [0.717, 1.165) is 50.5 Å². The van der Waals surface area contributed by atoms with E-state index in [1.54, 1.807) is 0 Å². The van der Waals surface area contributed by atoms with E-state index in [4.69, 9.17) is 9.47 Å². The molecule has 4 fully saturated rings. The quantitative estimate of drug-likeness (QED) is 0.379. The standard InChI is InChI=1S/C31H45NO5/c1-19(2)26-12-22-13-29(17-33)25-11-10-20(3)24(25)14-30(22,31(26,29)28(34)35)18-36-27-16-32(15-21(4)37-27)23-8-6-5-7-9-23/h6,8,12,17,19-25,27H,5,7,9-11,13-16,18H2,1-4H3,(H,34,35)/t20-,21-,22-,23?,24-,25-,27-,29+,30?,31+/m1/s1. The molecular formula is C31H45NO5. The molecule has 1 saturated heterocycles. The molecule has 0 aromatic rings. The number of fused-ring (bicyclic) bond motifs is 2. The Labute approximate surface area is 221 Å². The van der Waals surface area contributed by atoms with Crippen molar-refractivity contribution in [3.8, 4) is 0 Å². The van der Waals surface area contributed by atoms with Crippen LogP contribution in [0, 0.1) is 45.8 Å². The minimum atomic E-state index is -1.18. The Balaban J connectivity index is 1.35. The second-order valence-corrected chi connectivity index (χ2v) is 13.6. The average molecular weight is 512 g/mol. The first kappa shape index (κ1) is 25.8. The molecule has 0 aromatic heterocycles. The van der Waals surface area contributed by atoms with Crippen molar-refractivity contribution in [2.24, 2.45) is 45.8 Å². The van der Waals surface area contributed by atoms with Crippen LogP contribution in [-0.4, -0.2) is 60.4 Å². The number of aldehydes is 1. The van der Waals surface area contributed by atoms with Gasteiger partial charge in [-0.15, -0.1) is 0 Å². The number of allylic oxidation sites excluding steroid dienone is 2. The normalized spacial score (nSPS) is 48.8. The van der Waals surface area contributed by atoms with E-state index >= 15 is 0 Å². The van der Waals surface area contributed by atoms with Crippen LogP contribution in [0.1, 0.15) is 72.6 Å². The molecule has 5 aliphatic carbocycles. The van der Waals surface area contributed by atoms with Crippen LogP contribution in [0.2, 0.25) is 0 Å². The van der Waals surface area contributed by atoms with Gasteiger partial charge < -0.3 is 19.4 Å². The van der Waals surface area contributed by atoms with E-state index in [-0.39, 0.29) is 30.1 Å². The number of morpholine rings is 1. The summed E-state index contributed by atoms with van der Waals surface area (Å²) >= 11 is 0. The highest BCUT2D eigenvalue weighted by molar-refractivity contribution is 5.90. The number of ether oxygens (including phenoxy) is 2. The predicted octanol–water partition coefficient (Wildman–Crippen LogP) is 5.08. The maximum Gasteiger partial charge on any atom is 0.315 e. The highest BCUT2D eigenvalue weighted by atomic mass is 16.7. The Morgan fingerprint density at radius 1 is 1.24 bits per heavy atom. The molecule has 0 aromatic carbocycles. The molecule has 10 atom stereocenters. The van der Waals surface area contributed by atoms with Crippen LogP contribution in [-0.2, 0) is 19.1 Å². The summed E-state index contributed by atoms with van der Waals surface area (Å²) in [4.78, 5) is 29.3. The second-order valence-electron chi connectivity index (χ2n) is 13.6. The van der Waals surface area contributed by atoms with Gasteiger partial charge in [-0.2, -0.15) is 0 Å². The fourth-order valence-electron chi connectivity index (χ4n) is 10.3. The van der Waals surface area contributed by atoms with E-state index in [0.29, 0.717) is 37.5 Å². The number of carboxylic acid groups (broad SMARTS) is 1. The molecule has 4 bridgehead atoms. The van der Waals surface area contributed by atoms with Crippen molar-refractivity contribution in [1.29, 1.82) is 0 Å². The second kappa shape index (κ2) is 9.02. The van der Waals surface area contributed by atoms with Crippen LogP contribution in [0.3, 0.4) is 0 Å². The Bertz CT molecular complexity index is 1010. The van der Waals surface area contributed by atoms with E-state index in [2.05, 4.69) is 50.8 Å². The highest BCUT2D eigenvalue weighted by Gasteiger charge is 2.84. The Morgan fingerprint density at radius 3 is 2.73 bits per heavy atom.